The number of anilines is 2. The zero-order valence-electron chi connectivity index (χ0n) is 23.4. The lowest BCUT2D eigenvalue weighted by Crippen LogP contribution is -2.35. The van der Waals surface area contributed by atoms with Gasteiger partial charge in [0, 0.05) is 53.2 Å². The van der Waals surface area contributed by atoms with Crippen LogP contribution in [0.15, 0.2) is 104 Å². The van der Waals surface area contributed by atoms with Crippen molar-refractivity contribution in [1.82, 2.24) is 14.1 Å². The molecule has 0 bridgehead atoms. The molecule has 1 aliphatic rings. The number of hydrogen-bond donors (Lipinski definition) is 3. The van der Waals surface area contributed by atoms with Gasteiger partial charge in [0.05, 0.1) is 22.7 Å². The number of aliphatic hydroxyl groups is 1. The Morgan fingerprint density at radius 1 is 0.767 bits per heavy atom. The number of hydrogen-bond acceptors (Lipinski definition) is 5. The van der Waals surface area contributed by atoms with Crippen molar-refractivity contribution in [3.05, 3.63) is 115 Å². The van der Waals surface area contributed by atoms with Gasteiger partial charge in [0.2, 0.25) is 5.91 Å². The second-order valence-electron chi connectivity index (χ2n) is 10.9. The zero-order chi connectivity index (χ0) is 29.5. The number of rotatable bonds is 6. The first-order chi connectivity index (χ1) is 20.9. The van der Waals surface area contributed by atoms with Gasteiger partial charge in [-0.15, -0.1) is 0 Å². The van der Waals surface area contributed by atoms with Gasteiger partial charge in [-0.05, 0) is 103 Å². The molecular formula is C34H30N6O3. The third kappa shape index (κ3) is 5.11. The van der Waals surface area contributed by atoms with Gasteiger partial charge in [0.15, 0.2) is 0 Å². The highest BCUT2D eigenvalue weighted by molar-refractivity contribution is 6.05. The van der Waals surface area contributed by atoms with E-state index in [9.17, 15) is 14.7 Å². The van der Waals surface area contributed by atoms with Crippen LogP contribution in [0.4, 0.5) is 11.4 Å². The van der Waals surface area contributed by atoms with Gasteiger partial charge in [-0.3, -0.25) is 14.2 Å². The maximum absolute atomic E-state index is 13.0. The number of nitrogens with one attached hydrogen (secondary N) is 1. The molecular weight excluding hydrogens is 540 g/mol. The number of carbonyl (C=O) groups excluding carboxylic acids is 2. The molecule has 2 aromatic heterocycles. The minimum atomic E-state index is -0.454. The van der Waals surface area contributed by atoms with Gasteiger partial charge >= 0.3 is 0 Å². The Morgan fingerprint density at radius 2 is 1.44 bits per heavy atom. The van der Waals surface area contributed by atoms with Gasteiger partial charge in [-0.2, -0.15) is 0 Å². The van der Waals surface area contributed by atoms with Gasteiger partial charge in [0.1, 0.15) is 6.33 Å². The van der Waals surface area contributed by atoms with Crippen LogP contribution in [0.25, 0.3) is 33.3 Å². The number of piperidine rings is 1. The van der Waals surface area contributed by atoms with Crippen LogP contribution in [0.2, 0.25) is 0 Å². The molecule has 0 spiro atoms. The van der Waals surface area contributed by atoms with Crippen molar-refractivity contribution in [2.75, 3.05) is 23.3 Å². The van der Waals surface area contributed by atoms with Crippen molar-refractivity contribution in [1.29, 1.82) is 0 Å². The molecule has 1 saturated heterocycles. The number of nitrogens with two attached hydrogens (primary N) is 1. The van der Waals surface area contributed by atoms with Crippen LogP contribution in [-0.4, -0.2) is 50.2 Å². The fourth-order valence-electron chi connectivity index (χ4n) is 5.73. The van der Waals surface area contributed by atoms with Crippen LogP contribution in [0.1, 0.15) is 33.6 Å². The van der Waals surface area contributed by atoms with E-state index >= 15 is 0 Å². The van der Waals surface area contributed by atoms with Gasteiger partial charge < -0.3 is 25.6 Å². The van der Waals surface area contributed by atoms with Crippen LogP contribution in [0.5, 0.6) is 0 Å². The summed E-state index contributed by atoms with van der Waals surface area (Å²) in [7, 11) is 0. The third-order valence-electron chi connectivity index (χ3n) is 8.15. The molecule has 43 heavy (non-hydrogen) atoms. The summed E-state index contributed by atoms with van der Waals surface area (Å²) in [5, 5.41) is 13.8. The van der Waals surface area contributed by atoms with Crippen LogP contribution in [-0.2, 0) is 0 Å². The Hall–Kier alpha value is -5.41. The number of amides is 2. The second-order valence-corrected chi connectivity index (χ2v) is 10.9. The van der Waals surface area contributed by atoms with Gasteiger partial charge in [-0.1, -0.05) is 6.07 Å². The largest absolute Gasteiger partial charge is 0.393 e. The summed E-state index contributed by atoms with van der Waals surface area (Å²) in [5.74, 6) is -0.639. The van der Waals surface area contributed by atoms with Gasteiger partial charge in [0.25, 0.3) is 5.91 Å². The highest BCUT2D eigenvalue weighted by Crippen LogP contribution is 2.26. The lowest BCUT2D eigenvalue weighted by Gasteiger charge is -2.31. The maximum atomic E-state index is 13.0. The fraction of sp³-hybridized carbons (Fsp3) is 0.147. The third-order valence-corrected chi connectivity index (χ3v) is 8.15. The van der Waals surface area contributed by atoms with Gasteiger partial charge in [-0.25, -0.2) is 4.98 Å². The van der Waals surface area contributed by atoms with Crippen LogP contribution in [0.3, 0.4) is 0 Å². The number of aromatic nitrogens is 3. The average Bonchev–Trinajstić information content (AvgIpc) is 3.65. The summed E-state index contributed by atoms with van der Waals surface area (Å²) in [4.78, 5) is 31.5. The normalized spacial score (nSPS) is 13.9. The summed E-state index contributed by atoms with van der Waals surface area (Å²) in [6.07, 6.45) is 5.05. The van der Waals surface area contributed by atoms with E-state index in [2.05, 4.69) is 15.2 Å². The van der Waals surface area contributed by atoms with E-state index in [4.69, 9.17) is 5.73 Å². The van der Waals surface area contributed by atoms with E-state index in [1.165, 1.54) is 0 Å². The molecule has 0 saturated carbocycles. The van der Waals surface area contributed by atoms with Crippen molar-refractivity contribution in [3.8, 4) is 11.4 Å². The number of aliphatic hydroxyl groups excluding tert-OH is 1. The molecule has 4 aromatic carbocycles. The highest BCUT2D eigenvalue weighted by Gasteiger charge is 2.18. The first-order valence-corrected chi connectivity index (χ1v) is 14.3. The van der Waals surface area contributed by atoms with Crippen LogP contribution >= 0.6 is 0 Å². The highest BCUT2D eigenvalue weighted by atomic mass is 16.3. The molecule has 0 radical (unpaired) electrons. The number of carbonyl (C=O) groups is 2. The number of primary amides is 1. The van der Waals surface area contributed by atoms with E-state index in [-0.39, 0.29) is 12.0 Å². The van der Waals surface area contributed by atoms with Crippen molar-refractivity contribution < 1.29 is 14.7 Å². The first-order valence-electron chi connectivity index (χ1n) is 14.3. The van der Waals surface area contributed by atoms with Crippen molar-refractivity contribution in [3.63, 3.8) is 0 Å². The fourth-order valence-corrected chi connectivity index (χ4v) is 5.73. The number of imidazole rings is 1. The van der Waals surface area contributed by atoms with Crippen molar-refractivity contribution >= 4 is 45.1 Å². The first kappa shape index (κ1) is 26.5. The smallest absolute Gasteiger partial charge is 0.255 e. The topological polar surface area (TPSA) is 118 Å². The minimum absolute atomic E-state index is 0.185. The number of nitrogens with zero attached hydrogens (tertiary/aromatic N) is 4. The lowest BCUT2D eigenvalue weighted by molar-refractivity contribution is 0.0997. The minimum Gasteiger partial charge on any atom is -0.393 e. The molecule has 0 atom stereocenters. The molecule has 7 rings (SSSR count). The molecule has 1 aliphatic heterocycles. The number of fused-ring (bicyclic) bond motifs is 2. The molecule has 214 valence electrons. The Morgan fingerprint density at radius 3 is 2.16 bits per heavy atom. The van der Waals surface area contributed by atoms with E-state index in [1.54, 1.807) is 12.4 Å². The predicted molar refractivity (Wildman–Crippen MR) is 168 cm³/mol. The molecule has 1 fully saturated rings. The Bertz CT molecular complexity index is 1970. The molecule has 0 aliphatic carbocycles. The van der Waals surface area contributed by atoms with E-state index in [1.807, 2.05) is 100 Å². The summed E-state index contributed by atoms with van der Waals surface area (Å²) >= 11 is 0. The van der Waals surface area contributed by atoms with E-state index in [0.717, 1.165) is 64.9 Å². The molecule has 6 aromatic rings. The van der Waals surface area contributed by atoms with Crippen molar-refractivity contribution in [2.45, 2.75) is 18.9 Å². The summed E-state index contributed by atoms with van der Waals surface area (Å²) < 4.78 is 4.03. The monoisotopic (exact) mass is 570 g/mol. The quantitative estimate of drug-likeness (QED) is 0.252. The average molecular weight is 571 g/mol. The van der Waals surface area contributed by atoms with Crippen molar-refractivity contribution in [2.24, 2.45) is 5.73 Å². The molecule has 3 heterocycles. The Balaban J connectivity index is 1.07. The van der Waals surface area contributed by atoms with Crippen LogP contribution in [0, 0.1) is 0 Å². The molecule has 0 unspecified atom stereocenters. The molecule has 4 N–H and O–H groups in total. The zero-order valence-corrected chi connectivity index (χ0v) is 23.4. The maximum Gasteiger partial charge on any atom is 0.255 e. The SMILES string of the molecule is NC(=O)c1ccc2ccn(-c3ccc(-n4cnc5cc(NC(=O)c6ccc(N7CCC(O)CC7)cc6)ccc54)cc3)c2c1. The predicted octanol–water partition coefficient (Wildman–Crippen LogP) is 5.28. The number of benzene rings is 4. The second kappa shape index (κ2) is 10.8. The Labute approximate surface area is 247 Å². The van der Waals surface area contributed by atoms with E-state index in [0.29, 0.717) is 16.8 Å². The summed E-state index contributed by atoms with van der Waals surface area (Å²) in [6.45, 7) is 1.63. The Kier molecular flexibility index (Phi) is 6.64. The molecule has 2 amide bonds. The standard InChI is InChI=1S/C34H30N6O3/c35-33(42)24-2-1-22-13-18-39(32(22)19-24)27-8-10-28(11-9-27)40-21-36-30-20-25(5-12-31(30)40)37-34(43)23-3-6-26(7-4-23)38-16-14-29(41)15-17-38/h1-13,18-21,29,41H,14-17H2,(H2,35,42)(H,37,43). The van der Waals surface area contributed by atoms with E-state index < -0.39 is 5.91 Å². The van der Waals surface area contributed by atoms with Crippen LogP contribution < -0.4 is 16.0 Å². The molecule has 9 heteroatoms. The summed E-state index contributed by atoms with van der Waals surface area (Å²) in [6, 6.07) is 28.8. The summed E-state index contributed by atoms with van der Waals surface area (Å²) in [5.41, 5.74) is 12.7. The molecule has 9 nitrogen and oxygen atoms in total. The lowest BCUT2D eigenvalue weighted by atomic mass is 10.1.